The Labute approximate surface area is 152 Å². The number of carbonyl (C=O) groups is 1. The van der Waals surface area contributed by atoms with Crippen molar-refractivity contribution in [2.45, 2.75) is 17.9 Å². The lowest BCUT2D eigenvalue weighted by molar-refractivity contribution is -0.131. The number of ether oxygens (including phenoxy) is 1. The molecule has 26 heavy (non-hydrogen) atoms. The van der Waals surface area contributed by atoms with Crippen molar-refractivity contribution in [2.75, 3.05) is 6.61 Å². The Balaban J connectivity index is 2.21. The van der Waals surface area contributed by atoms with Gasteiger partial charge in [0.2, 0.25) is 10.0 Å². The van der Waals surface area contributed by atoms with Gasteiger partial charge in [-0.1, -0.05) is 36.3 Å². The van der Waals surface area contributed by atoms with Crippen molar-refractivity contribution in [1.29, 1.82) is 0 Å². The Hall–Kier alpha value is -2.86. The quantitative estimate of drug-likeness (QED) is 0.388. The molecule has 0 bridgehead atoms. The lowest BCUT2D eigenvalue weighted by Gasteiger charge is -2.17. The zero-order chi connectivity index (χ0) is 19.0. The van der Waals surface area contributed by atoms with E-state index in [2.05, 4.69) is 16.6 Å². The lowest BCUT2D eigenvalue weighted by atomic mass is 10.1. The maximum absolute atomic E-state index is 12.6. The van der Waals surface area contributed by atoms with Gasteiger partial charge < -0.3 is 4.74 Å². The molecule has 8 heteroatoms. The highest BCUT2D eigenvalue weighted by Gasteiger charge is 2.27. The van der Waals surface area contributed by atoms with Crippen LogP contribution in [0.25, 0.3) is 0 Å². The molecular weight excluding hydrogens is 356 g/mol. The average molecular weight is 374 g/mol. The van der Waals surface area contributed by atoms with E-state index in [4.69, 9.17) is 9.94 Å². The van der Waals surface area contributed by atoms with Crippen LogP contribution >= 0.6 is 0 Å². The molecule has 0 aliphatic carbocycles. The largest absolute Gasteiger partial charge is 0.481 e. The molecule has 0 saturated heterocycles. The normalized spacial score (nSPS) is 11.8. The highest BCUT2D eigenvalue weighted by Crippen LogP contribution is 2.20. The molecule has 2 aromatic rings. The molecule has 2 aromatic carbocycles. The molecule has 2 rings (SSSR count). The van der Waals surface area contributed by atoms with Crippen LogP contribution in [0.3, 0.4) is 0 Å². The zero-order valence-corrected chi connectivity index (χ0v) is 14.8. The van der Waals surface area contributed by atoms with Gasteiger partial charge in [-0.25, -0.2) is 13.9 Å². The maximum Gasteiger partial charge on any atom is 0.266 e. The number of hydroxylamine groups is 1. The number of rotatable bonds is 7. The third-order valence-electron chi connectivity index (χ3n) is 3.40. The Morgan fingerprint density at radius 1 is 1.15 bits per heavy atom. The van der Waals surface area contributed by atoms with Crippen LogP contribution in [0.2, 0.25) is 0 Å². The molecule has 0 radical (unpaired) electrons. The number of carbonyl (C=O) groups excluding carboxylic acids is 1. The van der Waals surface area contributed by atoms with E-state index in [9.17, 15) is 13.2 Å². The van der Waals surface area contributed by atoms with E-state index in [1.807, 2.05) is 0 Å². The topological polar surface area (TPSA) is 105 Å². The van der Waals surface area contributed by atoms with E-state index in [1.165, 1.54) is 29.7 Å². The first kappa shape index (κ1) is 19.5. The second-order valence-corrected chi connectivity index (χ2v) is 6.84. The van der Waals surface area contributed by atoms with Crippen molar-refractivity contribution in [3.8, 4) is 17.6 Å². The smallest absolute Gasteiger partial charge is 0.266 e. The standard InChI is InChI=1S/C18H18N2O5S/c1-2-3-13-25-15-9-11-16(12-10-15)26(23,24)20-17(18(21)19-22)14-7-5-4-6-8-14/h4-12,17,20,22H,13H2,1H3,(H,19,21)/t17-/m1/s1. The van der Waals surface area contributed by atoms with Crippen molar-refractivity contribution in [3.63, 3.8) is 0 Å². The first-order valence-corrected chi connectivity index (χ1v) is 9.10. The fraction of sp³-hybridized carbons (Fsp3) is 0.167. The Morgan fingerprint density at radius 2 is 1.81 bits per heavy atom. The van der Waals surface area contributed by atoms with E-state index in [1.54, 1.807) is 37.3 Å². The third-order valence-corrected chi connectivity index (χ3v) is 4.84. The minimum absolute atomic E-state index is 0.0434. The van der Waals surface area contributed by atoms with Gasteiger partial charge in [0.05, 0.1) is 4.90 Å². The molecule has 3 N–H and O–H groups in total. The molecule has 0 saturated carbocycles. The molecule has 136 valence electrons. The Kier molecular flexibility index (Phi) is 6.74. The van der Waals surface area contributed by atoms with Gasteiger partial charge in [-0.2, -0.15) is 4.72 Å². The average Bonchev–Trinajstić information content (AvgIpc) is 2.67. The van der Waals surface area contributed by atoms with E-state index in [0.717, 1.165) is 0 Å². The minimum Gasteiger partial charge on any atom is -0.481 e. The molecule has 0 unspecified atom stereocenters. The number of hydrogen-bond donors (Lipinski definition) is 3. The zero-order valence-electron chi connectivity index (χ0n) is 14.0. The summed E-state index contributed by atoms with van der Waals surface area (Å²) in [5.74, 6) is 5.00. The number of sulfonamides is 1. The highest BCUT2D eigenvalue weighted by atomic mass is 32.2. The first-order chi connectivity index (χ1) is 12.5. The van der Waals surface area contributed by atoms with Crippen LogP contribution in [0, 0.1) is 11.8 Å². The van der Waals surface area contributed by atoms with Crippen molar-refractivity contribution < 1.29 is 23.2 Å². The van der Waals surface area contributed by atoms with Crippen LogP contribution in [0.4, 0.5) is 0 Å². The van der Waals surface area contributed by atoms with Crippen LogP contribution in [0.15, 0.2) is 59.5 Å². The fourth-order valence-electron chi connectivity index (χ4n) is 2.11. The van der Waals surface area contributed by atoms with Gasteiger partial charge in [0.1, 0.15) is 18.4 Å². The van der Waals surface area contributed by atoms with Crippen molar-refractivity contribution >= 4 is 15.9 Å². The van der Waals surface area contributed by atoms with Gasteiger partial charge >= 0.3 is 0 Å². The van der Waals surface area contributed by atoms with E-state index in [0.29, 0.717) is 11.3 Å². The van der Waals surface area contributed by atoms with Crippen molar-refractivity contribution in [2.24, 2.45) is 0 Å². The first-order valence-electron chi connectivity index (χ1n) is 7.61. The molecule has 0 aliphatic rings. The second-order valence-electron chi connectivity index (χ2n) is 5.13. The highest BCUT2D eigenvalue weighted by molar-refractivity contribution is 7.89. The fourth-order valence-corrected chi connectivity index (χ4v) is 3.30. The van der Waals surface area contributed by atoms with E-state index >= 15 is 0 Å². The monoisotopic (exact) mass is 374 g/mol. The molecule has 7 nitrogen and oxygen atoms in total. The number of amides is 1. The summed E-state index contributed by atoms with van der Waals surface area (Å²) in [5, 5.41) is 8.91. The van der Waals surface area contributed by atoms with Crippen molar-refractivity contribution in [3.05, 3.63) is 60.2 Å². The van der Waals surface area contributed by atoms with Crippen molar-refractivity contribution in [1.82, 2.24) is 10.2 Å². The molecule has 0 fully saturated rings. The van der Waals surface area contributed by atoms with Crippen LogP contribution < -0.4 is 14.9 Å². The number of nitrogens with one attached hydrogen (secondary N) is 2. The minimum atomic E-state index is -4.01. The summed E-state index contributed by atoms with van der Waals surface area (Å²) in [6.07, 6.45) is 0. The van der Waals surface area contributed by atoms with Gasteiger partial charge in [-0.15, -0.1) is 5.92 Å². The second kappa shape index (κ2) is 9.01. The molecule has 0 aliphatic heterocycles. The molecule has 0 heterocycles. The molecule has 1 amide bonds. The summed E-state index contributed by atoms with van der Waals surface area (Å²) in [5.41, 5.74) is 1.87. The van der Waals surface area contributed by atoms with Crippen LogP contribution in [0.5, 0.6) is 5.75 Å². The predicted molar refractivity (Wildman–Crippen MR) is 94.8 cm³/mol. The van der Waals surface area contributed by atoms with E-state index in [-0.39, 0.29) is 11.5 Å². The molecule has 0 spiro atoms. The van der Waals surface area contributed by atoms with Crippen LogP contribution in [-0.4, -0.2) is 26.1 Å². The maximum atomic E-state index is 12.6. The van der Waals surface area contributed by atoms with Gasteiger partial charge in [0, 0.05) is 0 Å². The summed E-state index contributed by atoms with van der Waals surface area (Å²) in [6, 6.07) is 12.6. The van der Waals surface area contributed by atoms with Gasteiger partial charge in [-0.05, 0) is 36.8 Å². The lowest BCUT2D eigenvalue weighted by Crippen LogP contribution is -2.39. The van der Waals surface area contributed by atoms with Gasteiger partial charge in [0.15, 0.2) is 0 Å². The number of benzene rings is 2. The van der Waals surface area contributed by atoms with Gasteiger partial charge in [-0.3, -0.25) is 10.0 Å². The summed E-state index contributed by atoms with van der Waals surface area (Å²) < 4.78 is 32.8. The van der Waals surface area contributed by atoms with Crippen LogP contribution in [0.1, 0.15) is 18.5 Å². The molecule has 1 atom stereocenters. The summed E-state index contributed by atoms with van der Waals surface area (Å²) >= 11 is 0. The summed E-state index contributed by atoms with van der Waals surface area (Å²) in [7, 11) is -4.01. The number of hydrogen-bond acceptors (Lipinski definition) is 5. The molecule has 0 aromatic heterocycles. The van der Waals surface area contributed by atoms with Crippen LogP contribution in [-0.2, 0) is 14.8 Å². The molecular formula is C18H18N2O5S. The Bertz CT molecular complexity index is 900. The Morgan fingerprint density at radius 3 is 2.38 bits per heavy atom. The third kappa shape index (κ3) is 5.07. The predicted octanol–water partition coefficient (Wildman–Crippen LogP) is 1.61. The SMILES string of the molecule is CC#CCOc1ccc(S(=O)(=O)N[C@@H](C(=O)NO)c2ccccc2)cc1. The van der Waals surface area contributed by atoms with Gasteiger partial charge in [0.25, 0.3) is 5.91 Å². The summed E-state index contributed by atoms with van der Waals surface area (Å²) in [6.45, 7) is 1.89. The van der Waals surface area contributed by atoms with E-state index < -0.39 is 22.0 Å². The summed E-state index contributed by atoms with van der Waals surface area (Å²) in [4.78, 5) is 11.9.